The van der Waals surface area contributed by atoms with Gasteiger partial charge < -0.3 is 10.0 Å². The lowest BCUT2D eigenvalue weighted by Gasteiger charge is -2.33. The standard InChI is InChI=1S/C12H20N2O5S/c1-20(18,19)13-6-2-3-9(7-13)12(17)14(8-11(15)16)10-4-5-10/h9-10H,2-8H2,1H3,(H,15,16)/t9-/m1/s1. The van der Waals surface area contributed by atoms with E-state index < -0.39 is 21.9 Å². The fourth-order valence-corrected chi connectivity index (χ4v) is 3.51. The van der Waals surface area contributed by atoms with Crippen LogP contribution in [-0.2, 0) is 19.6 Å². The van der Waals surface area contributed by atoms with E-state index in [0.29, 0.717) is 19.4 Å². The van der Waals surface area contributed by atoms with Crippen molar-refractivity contribution in [2.24, 2.45) is 5.92 Å². The summed E-state index contributed by atoms with van der Waals surface area (Å²) in [5.74, 6) is -1.66. The highest BCUT2D eigenvalue weighted by atomic mass is 32.2. The number of carboxylic acids is 1. The molecule has 0 spiro atoms. The van der Waals surface area contributed by atoms with E-state index in [9.17, 15) is 18.0 Å². The number of hydrogen-bond acceptors (Lipinski definition) is 4. The van der Waals surface area contributed by atoms with Gasteiger partial charge in [0.05, 0.1) is 12.2 Å². The highest BCUT2D eigenvalue weighted by Gasteiger charge is 2.39. The molecule has 2 rings (SSSR count). The van der Waals surface area contributed by atoms with E-state index in [4.69, 9.17) is 5.11 Å². The predicted octanol–water partition coefficient (Wildman–Crippen LogP) is -0.266. The van der Waals surface area contributed by atoms with E-state index >= 15 is 0 Å². The summed E-state index contributed by atoms with van der Waals surface area (Å²) < 4.78 is 24.4. The normalized spacial score (nSPS) is 24.4. The van der Waals surface area contributed by atoms with Crippen LogP contribution in [0, 0.1) is 5.92 Å². The van der Waals surface area contributed by atoms with E-state index in [1.807, 2.05) is 0 Å². The third-order valence-corrected chi connectivity index (χ3v) is 5.05. The lowest BCUT2D eigenvalue weighted by atomic mass is 9.98. The van der Waals surface area contributed by atoms with Gasteiger partial charge in [0.15, 0.2) is 0 Å². The van der Waals surface area contributed by atoms with E-state index in [-0.39, 0.29) is 25.0 Å². The number of hydrogen-bond donors (Lipinski definition) is 1. The molecular formula is C12H20N2O5S. The van der Waals surface area contributed by atoms with Gasteiger partial charge in [-0.1, -0.05) is 0 Å². The number of rotatable bonds is 5. The van der Waals surface area contributed by atoms with Crippen molar-refractivity contribution in [3.05, 3.63) is 0 Å². The van der Waals surface area contributed by atoms with Crippen molar-refractivity contribution in [1.29, 1.82) is 0 Å². The Balaban J connectivity index is 2.05. The SMILES string of the molecule is CS(=O)(=O)N1CCC[C@@H](C(=O)N(CC(=O)O)C2CC2)C1. The maximum Gasteiger partial charge on any atom is 0.323 e. The Hall–Kier alpha value is -1.15. The van der Waals surface area contributed by atoms with Gasteiger partial charge >= 0.3 is 5.97 Å². The average Bonchev–Trinajstić information content (AvgIpc) is 3.18. The molecule has 114 valence electrons. The zero-order chi connectivity index (χ0) is 14.9. The van der Waals surface area contributed by atoms with Crippen LogP contribution in [-0.4, -0.2) is 66.5 Å². The Labute approximate surface area is 118 Å². The molecule has 1 heterocycles. The summed E-state index contributed by atoms with van der Waals surface area (Å²) in [6.45, 7) is 0.310. The Morgan fingerprint density at radius 1 is 1.30 bits per heavy atom. The fourth-order valence-electron chi connectivity index (χ4n) is 2.60. The van der Waals surface area contributed by atoms with Gasteiger partial charge in [0.25, 0.3) is 0 Å². The number of piperidine rings is 1. The summed E-state index contributed by atoms with van der Waals surface area (Å²) in [4.78, 5) is 24.7. The quantitative estimate of drug-likeness (QED) is 0.754. The van der Waals surface area contributed by atoms with Crippen molar-refractivity contribution < 1.29 is 23.1 Å². The van der Waals surface area contributed by atoms with Crippen molar-refractivity contribution in [2.45, 2.75) is 31.7 Å². The average molecular weight is 304 g/mol. The molecule has 1 amide bonds. The summed E-state index contributed by atoms with van der Waals surface area (Å²) in [7, 11) is -3.30. The Kier molecular flexibility index (Phi) is 4.33. The van der Waals surface area contributed by atoms with Gasteiger partial charge in [-0.25, -0.2) is 12.7 Å². The largest absolute Gasteiger partial charge is 0.480 e. The number of nitrogens with zero attached hydrogens (tertiary/aromatic N) is 2. The lowest BCUT2D eigenvalue weighted by molar-refractivity contribution is -0.147. The second-order valence-corrected chi connectivity index (χ2v) is 7.53. The first-order chi connectivity index (χ1) is 9.29. The zero-order valence-electron chi connectivity index (χ0n) is 11.5. The minimum absolute atomic E-state index is 0.0206. The number of aliphatic carboxylic acids is 1. The zero-order valence-corrected chi connectivity index (χ0v) is 12.3. The number of sulfonamides is 1. The molecule has 0 aromatic heterocycles. The monoisotopic (exact) mass is 304 g/mol. The van der Waals surface area contributed by atoms with Crippen LogP contribution in [0.15, 0.2) is 0 Å². The summed E-state index contributed by atoms with van der Waals surface area (Å²) in [5.41, 5.74) is 0. The van der Waals surface area contributed by atoms with Gasteiger partial charge in [0.2, 0.25) is 15.9 Å². The molecule has 1 aliphatic heterocycles. The number of carbonyl (C=O) groups is 2. The summed E-state index contributed by atoms with van der Waals surface area (Å²) >= 11 is 0. The van der Waals surface area contributed by atoms with Crippen molar-refractivity contribution in [1.82, 2.24) is 9.21 Å². The van der Waals surface area contributed by atoms with Crippen LogP contribution < -0.4 is 0 Å². The van der Waals surface area contributed by atoms with Crippen LogP contribution in [0.25, 0.3) is 0 Å². The third kappa shape index (κ3) is 3.69. The second-order valence-electron chi connectivity index (χ2n) is 5.55. The first-order valence-electron chi connectivity index (χ1n) is 6.76. The summed E-state index contributed by atoms with van der Waals surface area (Å²) in [5, 5.41) is 8.89. The molecule has 1 N–H and O–H groups in total. The molecular weight excluding hydrogens is 284 g/mol. The number of carbonyl (C=O) groups excluding carboxylic acids is 1. The molecule has 2 aliphatic rings. The first kappa shape index (κ1) is 15.2. The molecule has 1 aliphatic carbocycles. The molecule has 0 bridgehead atoms. The van der Waals surface area contributed by atoms with Crippen LogP contribution in [0.1, 0.15) is 25.7 Å². The predicted molar refractivity (Wildman–Crippen MR) is 71.5 cm³/mol. The molecule has 0 radical (unpaired) electrons. The molecule has 8 heteroatoms. The van der Waals surface area contributed by atoms with Crippen LogP contribution in [0.2, 0.25) is 0 Å². The number of amides is 1. The minimum Gasteiger partial charge on any atom is -0.480 e. The topological polar surface area (TPSA) is 95.0 Å². The number of carboxylic acid groups (broad SMARTS) is 1. The third-order valence-electron chi connectivity index (χ3n) is 3.78. The Morgan fingerprint density at radius 3 is 2.45 bits per heavy atom. The summed E-state index contributed by atoms with van der Waals surface area (Å²) in [6, 6.07) is 0.0206. The van der Waals surface area contributed by atoms with Crippen molar-refractivity contribution in [2.75, 3.05) is 25.9 Å². The van der Waals surface area contributed by atoms with Crippen LogP contribution in [0.5, 0.6) is 0 Å². The van der Waals surface area contributed by atoms with E-state index in [1.165, 1.54) is 9.21 Å². The molecule has 1 atom stereocenters. The van der Waals surface area contributed by atoms with Crippen molar-refractivity contribution in [3.63, 3.8) is 0 Å². The molecule has 1 saturated carbocycles. The van der Waals surface area contributed by atoms with E-state index in [0.717, 1.165) is 19.1 Å². The second kappa shape index (κ2) is 5.69. The molecule has 7 nitrogen and oxygen atoms in total. The molecule has 0 aromatic carbocycles. The van der Waals surface area contributed by atoms with Gasteiger partial charge in [-0.3, -0.25) is 9.59 Å². The molecule has 0 unspecified atom stereocenters. The maximum absolute atomic E-state index is 12.4. The van der Waals surface area contributed by atoms with Gasteiger partial charge in [-0.2, -0.15) is 0 Å². The van der Waals surface area contributed by atoms with Crippen LogP contribution >= 0.6 is 0 Å². The first-order valence-corrected chi connectivity index (χ1v) is 8.61. The molecule has 1 saturated heterocycles. The fraction of sp³-hybridized carbons (Fsp3) is 0.833. The minimum atomic E-state index is -3.30. The van der Waals surface area contributed by atoms with Gasteiger partial charge in [-0.15, -0.1) is 0 Å². The van der Waals surface area contributed by atoms with Gasteiger partial charge in [-0.05, 0) is 25.7 Å². The maximum atomic E-state index is 12.4. The van der Waals surface area contributed by atoms with Crippen molar-refractivity contribution in [3.8, 4) is 0 Å². The van der Waals surface area contributed by atoms with E-state index in [1.54, 1.807) is 0 Å². The van der Waals surface area contributed by atoms with Gasteiger partial charge in [0.1, 0.15) is 6.54 Å². The Morgan fingerprint density at radius 2 is 1.95 bits per heavy atom. The van der Waals surface area contributed by atoms with Crippen molar-refractivity contribution >= 4 is 21.9 Å². The molecule has 2 fully saturated rings. The highest BCUT2D eigenvalue weighted by molar-refractivity contribution is 7.88. The Bertz CT molecular complexity index is 500. The van der Waals surface area contributed by atoms with Crippen LogP contribution in [0.3, 0.4) is 0 Å². The molecule has 20 heavy (non-hydrogen) atoms. The lowest BCUT2D eigenvalue weighted by Crippen LogP contribution is -2.48. The highest BCUT2D eigenvalue weighted by Crippen LogP contribution is 2.30. The van der Waals surface area contributed by atoms with Crippen LogP contribution in [0.4, 0.5) is 0 Å². The molecule has 0 aromatic rings. The smallest absolute Gasteiger partial charge is 0.323 e. The van der Waals surface area contributed by atoms with Gasteiger partial charge in [0, 0.05) is 19.1 Å². The summed E-state index contributed by atoms with van der Waals surface area (Å²) in [6.07, 6.45) is 4.06. The van der Waals surface area contributed by atoms with E-state index in [2.05, 4.69) is 0 Å².